The number of ether oxygens (including phenoxy) is 2. The van der Waals surface area contributed by atoms with Crippen molar-refractivity contribution in [2.75, 3.05) is 20.6 Å². The Balaban J connectivity index is 0.000000210. The first-order chi connectivity index (χ1) is 22.1. The molecule has 0 N–H and O–H groups in total. The molecule has 1 aliphatic rings. The van der Waals surface area contributed by atoms with E-state index in [1.54, 1.807) is 12.1 Å². The largest absolute Gasteiger partial charge is 0.486 e. The summed E-state index contributed by atoms with van der Waals surface area (Å²) in [7, 11) is 4.10. The molecule has 8 heteroatoms. The minimum Gasteiger partial charge on any atom is -0.486 e. The third-order valence-electron chi connectivity index (χ3n) is 8.04. The standard InChI is InChI=1S/C20H21FN2O.C18H19F3O/c1-23(2)11-3-10-20(17-5-7-18(21)8-6-17)19-9-4-15(13-22)12-16(19)14-24-20;1-2-3-9-17(14-7-5-4-6-8-14)22-16-12-10-15(11-13-16)18(19,20)21/h4-9,12H,3,10-11,14H2,1-2H3;4-8,10-13,17H,2-3,9H2,1H3/t20-;/m0./s1. The molecule has 4 nitrogen and oxygen atoms in total. The van der Waals surface area contributed by atoms with Gasteiger partial charge in [0, 0.05) is 0 Å². The Labute approximate surface area is 269 Å². The van der Waals surface area contributed by atoms with Gasteiger partial charge in [-0.2, -0.15) is 18.4 Å². The maximum Gasteiger partial charge on any atom is 0.416 e. The van der Waals surface area contributed by atoms with Crippen molar-refractivity contribution in [2.24, 2.45) is 0 Å². The van der Waals surface area contributed by atoms with E-state index in [1.165, 1.54) is 24.3 Å². The number of halogens is 4. The monoisotopic (exact) mass is 632 g/mol. The summed E-state index contributed by atoms with van der Waals surface area (Å²) >= 11 is 0. The maximum absolute atomic E-state index is 13.4. The highest BCUT2D eigenvalue weighted by atomic mass is 19.4. The number of hydrogen-bond acceptors (Lipinski definition) is 4. The fraction of sp³-hybridized carbons (Fsp3) is 0.342. The van der Waals surface area contributed by atoms with Gasteiger partial charge in [0.25, 0.3) is 0 Å². The summed E-state index contributed by atoms with van der Waals surface area (Å²) in [4.78, 5) is 2.15. The first-order valence-electron chi connectivity index (χ1n) is 15.5. The van der Waals surface area contributed by atoms with E-state index in [-0.39, 0.29) is 11.9 Å². The van der Waals surface area contributed by atoms with Crippen molar-refractivity contribution in [3.05, 3.63) is 136 Å². The van der Waals surface area contributed by atoms with Crippen molar-refractivity contribution >= 4 is 0 Å². The van der Waals surface area contributed by atoms with Gasteiger partial charge in [0.1, 0.15) is 23.3 Å². The van der Waals surface area contributed by atoms with Crippen molar-refractivity contribution in [3.8, 4) is 11.8 Å². The average molecular weight is 633 g/mol. The van der Waals surface area contributed by atoms with Gasteiger partial charge in [-0.25, -0.2) is 4.39 Å². The van der Waals surface area contributed by atoms with Crippen LogP contribution in [0.1, 0.15) is 78.5 Å². The van der Waals surface area contributed by atoms with Gasteiger partial charge < -0.3 is 14.4 Å². The number of unbranched alkanes of at least 4 members (excludes halogenated alkanes) is 1. The molecule has 242 valence electrons. The molecule has 0 aliphatic carbocycles. The topological polar surface area (TPSA) is 45.5 Å². The zero-order chi connectivity index (χ0) is 33.2. The number of rotatable bonds is 11. The Kier molecular flexibility index (Phi) is 12.0. The van der Waals surface area contributed by atoms with Crippen molar-refractivity contribution in [1.82, 2.24) is 4.90 Å². The summed E-state index contributed by atoms with van der Waals surface area (Å²) in [6.07, 6.45) is 0.193. The molecule has 0 saturated heterocycles. The van der Waals surface area contributed by atoms with E-state index in [4.69, 9.17) is 14.7 Å². The Morgan fingerprint density at radius 2 is 1.63 bits per heavy atom. The summed E-state index contributed by atoms with van der Waals surface area (Å²) < 4.78 is 63.3. The number of benzene rings is 4. The first kappa shape index (κ1) is 34.7. The number of alkyl halides is 3. The zero-order valence-corrected chi connectivity index (χ0v) is 26.5. The molecule has 2 atom stereocenters. The number of nitriles is 1. The molecule has 1 heterocycles. The summed E-state index contributed by atoms with van der Waals surface area (Å²) in [5.41, 5.74) is 3.55. The molecular weight excluding hydrogens is 592 g/mol. The van der Waals surface area contributed by atoms with E-state index in [0.717, 1.165) is 73.0 Å². The molecular formula is C38H40F4N2O2. The molecule has 5 rings (SSSR count). The van der Waals surface area contributed by atoms with Gasteiger partial charge in [-0.15, -0.1) is 0 Å². The van der Waals surface area contributed by atoms with Crippen LogP contribution in [0, 0.1) is 17.1 Å². The van der Waals surface area contributed by atoms with Gasteiger partial charge in [-0.3, -0.25) is 0 Å². The molecule has 4 aromatic rings. The molecule has 0 amide bonds. The van der Waals surface area contributed by atoms with Crippen LogP contribution in [0.3, 0.4) is 0 Å². The van der Waals surface area contributed by atoms with Gasteiger partial charge in [0.2, 0.25) is 0 Å². The van der Waals surface area contributed by atoms with Crippen molar-refractivity contribution in [1.29, 1.82) is 5.26 Å². The van der Waals surface area contributed by atoms with Crippen molar-refractivity contribution in [3.63, 3.8) is 0 Å². The Bertz CT molecular complexity index is 1570. The van der Waals surface area contributed by atoms with Crippen LogP contribution in [-0.4, -0.2) is 25.5 Å². The van der Waals surface area contributed by atoms with E-state index in [1.807, 2.05) is 62.6 Å². The highest BCUT2D eigenvalue weighted by Crippen LogP contribution is 2.45. The Morgan fingerprint density at radius 1 is 0.935 bits per heavy atom. The lowest BCUT2D eigenvalue weighted by Gasteiger charge is -2.31. The van der Waals surface area contributed by atoms with Crippen LogP contribution in [-0.2, 0) is 23.1 Å². The minimum atomic E-state index is -4.32. The van der Waals surface area contributed by atoms with E-state index < -0.39 is 17.3 Å². The summed E-state index contributed by atoms with van der Waals surface area (Å²) in [5, 5.41) is 9.11. The second-order valence-corrected chi connectivity index (χ2v) is 11.7. The number of nitrogens with zero attached hydrogens (tertiary/aromatic N) is 2. The molecule has 1 aliphatic heterocycles. The van der Waals surface area contributed by atoms with Gasteiger partial charge >= 0.3 is 6.18 Å². The molecule has 1 unspecified atom stereocenters. The van der Waals surface area contributed by atoms with Crippen LogP contribution in [0.2, 0.25) is 0 Å². The normalized spacial score (nSPS) is 16.2. The van der Waals surface area contributed by atoms with E-state index in [9.17, 15) is 17.6 Å². The molecule has 4 aromatic carbocycles. The van der Waals surface area contributed by atoms with Crippen molar-refractivity contribution in [2.45, 2.75) is 63.5 Å². The summed E-state index contributed by atoms with van der Waals surface area (Å²) in [6.45, 7) is 3.53. The first-order valence-corrected chi connectivity index (χ1v) is 15.5. The van der Waals surface area contributed by atoms with Crippen LogP contribution in [0.15, 0.2) is 97.1 Å². The lowest BCUT2D eigenvalue weighted by Crippen LogP contribution is -2.28. The fourth-order valence-electron chi connectivity index (χ4n) is 5.65. The van der Waals surface area contributed by atoms with Gasteiger partial charge in [0.05, 0.1) is 23.8 Å². The van der Waals surface area contributed by atoms with Crippen LogP contribution in [0.5, 0.6) is 5.75 Å². The third kappa shape index (κ3) is 8.96. The quantitative estimate of drug-likeness (QED) is 0.155. The molecule has 0 fully saturated rings. The molecule has 0 saturated carbocycles. The predicted molar refractivity (Wildman–Crippen MR) is 172 cm³/mol. The minimum absolute atomic E-state index is 0.141. The summed E-state index contributed by atoms with van der Waals surface area (Å²) in [6, 6.07) is 29.1. The van der Waals surface area contributed by atoms with Crippen molar-refractivity contribution < 1.29 is 27.0 Å². The molecule has 0 bridgehead atoms. The lowest BCUT2D eigenvalue weighted by atomic mass is 9.81. The smallest absolute Gasteiger partial charge is 0.416 e. The molecule has 0 radical (unpaired) electrons. The number of fused-ring (bicyclic) bond motifs is 1. The third-order valence-corrected chi connectivity index (χ3v) is 8.04. The molecule has 46 heavy (non-hydrogen) atoms. The maximum atomic E-state index is 13.4. The Morgan fingerprint density at radius 3 is 2.24 bits per heavy atom. The second kappa shape index (κ2) is 15.9. The van der Waals surface area contributed by atoms with E-state index in [2.05, 4.69) is 17.9 Å². The number of hydrogen-bond donors (Lipinski definition) is 0. The fourth-order valence-corrected chi connectivity index (χ4v) is 5.65. The molecule has 0 aromatic heterocycles. The van der Waals surface area contributed by atoms with Gasteiger partial charge in [0.15, 0.2) is 0 Å². The van der Waals surface area contributed by atoms with E-state index in [0.29, 0.717) is 17.9 Å². The zero-order valence-electron chi connectivity index (χ0n) is 26.5. The van der Waals surface area contributed by atoms with Crippen LogP contribution in [0.4, 0.5) is 17.6 Å². The highest BCUT2D eigenvalue weighted by molar-refractivity contribution is 5.48. The van der Waals surface area contributed by atoms with Gasteiger partial charge in [-0.05, 0) is 117 Å². The SMILES string of the molecule is CCCCC(Oc1ccc(C(F)(F)F)cc1)c1ccccc1.CN(C)CCC[C@@]1(c2ccc(F)cc2)OCc2cc(C#N)ccc21. The van der Waals surface area contributed by atoms with Crippen LogP contribution >= 0.6 is 0 Å². The van der Waals surface area contributed by atoms with E-state index >= 15 is 0 Å². The second-order valence-electron chi connectivity index (χ2n) is 11.7. The lowest BCUT2D eigenvalue weighted by molar-refractivity contribution is -0.137. The summed E-state index contributed by atoms with van der Waals surface area (Å²) in [5.74, 6) is 0.207. The highest BCUT2D eigenvalue weighted by Gasteiger charge is 2.41. The Hall–Kier alpha value is -4.19. The molecule has 0 spiro atoms. The van der Waals surface area contributed by atoms with Crippen LogP contribution < -0.4 is 4.74 Å². The average Bonchev–Trinajstić information content (AvgIpc) is 3.42. The van der Waals surface area contributed by atoms with Crippen LogP contribution in [0.25, 0.3) is 0 Å². The van der Waals surface area contributed by atoms with Gasteiger partial charge in [-0.1, -0.05) is 61.9 Å². The predicted octanol–water partition coefficient (Wildman–Crippen LogP) is 9.83.